The van der Waals surface area contributed by atoms with Crippen LogP contribution in [0, 0.1) is 11.3 Å². The average Bonchev–Trinajstić information content (AvgIpc) is 3.43. The number of aromatic nitrogens is 3. The number of anilines is 2. The highest BCUT2D eigenvalue weighted by Gasteiger charge is 2.23. The largest absolute Gasteiger partial charge is 0.341 e. The van der Waals surface area contributed by atoms with E-state index >= 15 is 0 Å². The summed E-state index contributed by atoms with van der Waals surface area (Å²) in [6, 6.07) is 16.9. The van der Waals surface area contributed by atoms with E-state index in [1.54, 1.807) is 12.1 Å². The highest BCUT2D eigenvalue weighted by Crippen LogP contribution is 2.29. The van der Waals surface area contributed by atoms with Crippen LogP contribution in [0.1, 0.15) is 18.4 Å². The van der Waals surface area contributed by atoms with Crippen molar-refractivity contribution in [3.8, 4) is 11.8 Å². The minimum atomic E-state index is -0.138. The summed E-state index contributed by atoms with van der Waals surface area (Å²) in [5.74, 6) is 0.829. The first-order valence-electron chi connectivity index (χ1n) is 9.99. The first-order valence-corrected chi connectivity index (χ1v) is 11.4. The van der Waals surface area contributed by atoms with Crippen LogP contribution in [0.2, 0.25) is 5.02 Å². The van der Waals surface area contributed by atoms with Crippen molar-refractivity contribution in [2.24, 2.45) is 0 Å². The maximum atomic E-state index is 12.5. The smallest absolute Gasteiger partial charge is 0.234 e. The summed E-state index contributed by atoms with van der Waals surface area (Å²) >= 11 is 7.55. The van der Waals surface area contributed by atoms with Crippen LogP contribution in [0.25, 0.3) is 5.69 Å². The molecule has 2 aromatic carbocycles. The Bertz CT molecular complexity index is 1100. The molecule has 0 spiro atoms. The van der Waals surface area contributed by atoms with Gasteiger partial charge in [0, 0.05) is 23.8 Å². The molecule has 0 bridgehead atoms. The quantitative estimate of drug-likeness (QED) is 0.537. The van der Waals surface area contributed by atoms with Crippen molar-refractivity contribution >= 4 is 40.9 Å². The standard InChI is InChI=1S/C22H21ClN6OS/c23-17-4-3-5-19(14-17)29-21(28-12-1-2-13-28)26-27-22(29)31-15-20(30)25-18-8-6-16(7-9-18)10-11-24/h3-9,14H,1-2,10,12-13,15H2,(H,25,30). The van der Waals surface area contributed by atoms with Crippen molar-refractivity contribution < 1.29 is 4.79 Å². The molecule has 1 saturated heterocycles. The van der Waals surface area contributed by atoms with E-state index < -0.39 is 0 Å². The van der Waals surface area contributed by atoms with E-state index in [1.807, 2.05) is 41.0 Å². The van der Waals surface area contributed by atoms with E-state index in [-0.39, 0.29) is 11.7 Å². The topological polar surface area (TPSA) is 86.8 Å². The molecular weight excluding hydrogens is 432 g/mol. The van der Waals surface area contributed by atoms with Crippen LogP contribution in [-0.2, 0) is 11.2 Å². The van der Waals surface area contributed by atoms with Crippen molar-refractivity contribution in [2.75, 3.05) is 29.1 Å². The zero-order valence-corrected chi connectivity index (χ0v) is 18.4. The second-order valence-electron chi connectivity index (χ2n) is 7.16. The zero-order valence-electron chi connectivity index (χ0n) is 16.8. The Hall–Kier alpha value is -3.02. The molecule has 9 heteroatoms. The normalized spacial score (nSPS) is 13.2. The Kier molecular flexibility index (Phi) is 6.75. The maximum Gasteiger partial charge on any atom is 0.234 e. The number of carbonyl (C=O) groups excluding carboxylic acids is 1. The van der Waals surface area contributed by atoms with Gasteiger partial charge in [0.05, 0.1) is 23.9 Å². The van der Waals surface area contributed by atoms with E-state index in [4.69, 9.17) is 16.9 Å². The lowest BCUT2D eigenvalue weighted by Crippen LogP contribution is -2.22. The van der Waals surface area contributed by atoms with E-state index in [0.29, 0.717) is 22.3 Å². The van der Waals surface area contributed by atoms with Gasteiger partial charge in [0.15, 0.2) is 5.16 Å². The predicted molar refractivity (Wildman–Crippen MR) is 123 cm³/mol. The minimum absolute atomic E-state index is 0.138. The molecule has 1 aromatic heterocycles. The lowest BCUT2D eigenvalue weighted by Gasteiger charge is -2.18. The summed E-state index contributed by atoms with van der Waals surface area (Å²) in [5.41, 5.74) is 2.48. The molecule has 7 nitrogen and oxygen atoms in total. The summed E-state index contributed by atoms with van der Waals surface area (Å²) in [7, 11) is 0. The Morgan fingerprint density at radius 1 is 1.16 bits per heavy atom. The second-order valence-corrected chi connectivity index (χ2v) is 8.54. The first-order chi connectivity index (χ1) is 15.1. The van der Waals surface area contributed by atoms with E-state index in [1.165, 1.54) is 11.8 Å². The number of rotatable bonds is 7. The van der Waals surface area contributed by atoms with Gasteiger partial charge in [-0.2, -0.15) is 5.26 Å². The Morgan fingerprint density at radius 3 is 2.65 bits per heavy atom. The number of carbonyl (C=O) groups is 1. The molecule has 0 atom stereocenters. The molecule has 2 heterocycles. The van der Waals surface area contributed by atoms with Crippen molar-refractivity contribution in [3.05, 3.63) is 59.1 Å². The predicted octanol–water partition coefficient (Wildman–Crippen LogP) is 4.32. The van der Waals surface area contributed by atoms with Gasteiger partial charge >= 0.3 is 0 Å². The van der Waals surface area contributed by atoms with Crippen molar-refractivity contribution in [2.45, 2.75) is 24.4 Å². The first kappa shape index (κ1) is 21.2. The average molecular weight is 453 g/mol. The zero-order chi connectivity index (χ0) is 21.6. The second kappa shape index (κ2) is 9.86. The van der Waals surface area contributed by atoms with Crippen LogP contribution in [0.5, 0.6) is 0 Å². The fourth-order valence-corrected chi connectivity index (χ4v) is 4.37. The summed E-state index contributed by atoms with van der Waals surface area (Å²) in [4.78, 5) is 14.7. The molecule has 1 amide bonds. The Morgan fingerprint density at radius 2 is 1.94 bits per heavy atom. The molecule has 3 aromatic rings. The van der Waals surface area contributed by atoms with Gasteiger partial charge in [-0.1, -0.05) is 41.6 Å². The van der Waals surface area contributed by atoms with Crippen LogP contribution in [0.15, 0.2) is 53.7 Å². The van der Waals surface area contributed by atoms with Gasteiger partial charge in [-0.3, -0.25) is 9.36 Å². The summed E-state index contributed by atoms with van der Waals surface area (Å²) < 4.78 is 1.96. The summed E-state index contributed by atoms with van der Waals surface area (Å²) in [6.45, 7) is 1.87. The molecule has 1 N–H and O–H groups in total. The highest BCUT2D eigenvalue weighted by atomic mass is 35.5. The van der Waals surface area contributed by atoms with E-state index in [0.717, 1.165) is 43.1 Å². The number of hydrogen-bond donors (Lipinski definition) is 1. The molecule has 0 aliphatic carbocycles. The highest BCUT2D eigenvalue weighted by molar-refractivity contribution is 7.99. The van der Waals surface area contributed by atoms with E-state index in [9.17, 15) is 4.79 Å². The molecule has 0 saturated carbocycles. The van der Waals surface area contributed by atoms with Gasteiger partial charge in [0.1, 0.15) is 0 Å². The number of nitrogens with one attached hydrogen (secondary N) is 1. The SMILES string of the molecule is N#CCc1ccc(NC(=O)CSc2nnc(N3CCCC3)n2-c2cccc(Cl)c2)cc1. The van der Waals surface area contributed by atoms with Crippen LogP contribution < -0.4 is 10.2 Å². The molecule has 1 fully saturated rings. The van der Waals surface area contributed by atoms with Gasteiger partial charge in [0.2, 0.25) is 11.9 Å². The van der Waals surface area contributed by atoms with Gasteiger partial charge < -0.3 is 10.2 Å². The van der Waals surface area contributed by atoms with Crippen LogP contribution in [0.3, 0.4) is 0 Å². The monoisotopic (exact) mass is 452 g/mol. The van der Waals surface area contributed by atoms with Crippen LogP contribution >= 0.6 is 23.4 Å². The number of hydrogen-bond acceptors (Lipinski definition) is 6. The van der Waals surface area contributed by atoms with Crippen molar-refractivity contribution in [3.63, 3.8) is 0 Å². The Balaban J connectivity index is 1.49. The molecule has 1 aliphatic rings. The fraction of sp³-hybridized carbons (Fsp3) is 0.273. The molecule has 1 aliphatic heterocycles. The lowest BCUT2D eigenvalue weighted by molar-refractivity contribution is -0.113. The number of nitrogens with zero attached hydrogens (tertiary/aromatic N) is 5. The molecule has 4 rings (SSSR count). The van der Waals surface area contributed by atoms with Gasteiger partial charge in [-0.05, 0) is 48.7 Å². The fourth-order valence-electron chi connectivity index (χ4n) is 3.44. The Labute approximate surface area is 190 Å². The summed E-state index contributed by atoms with van der Waals surface area (Å²) in [5, 5.41) is 21.7. The number of thioether (sulfide) groups is 1. The summed E-state index contributed by atoms with van der Waals surface area (Å²) in [6.07, 6.45) is 2.60. The lowest BCUT2D eigenvalue weighted by atomic mass is 10.1. The van der Waals surface area contributed by atoms with E-state index in [2.05, 4.69) is 26.5 Å². The number of amides is 1. The minimum Gasteiger partial charge on any atom is -0.341 e. The molecule has 0 radical (unpaired) electrons. The number of halogens is 1. The maximum absolute atomic E-state index is 12.5. The molecule has 31 heavy (non-hydrogen) atoms. The van der Waals surface area contributed by atoms with Crippen molar-refractivity contribution in [1.82, 2.24) is 14.8 Å². The van der Waals surface area contributed by atoms with Crippen LogP contribution in [0.4, 0.5) is 11.6 Å². The van der Waals surface area contributed by atoms with Gasteiger partial charge in [-0.25, -0.2) is 0 Å². The van der Waals surface area contributed by atoms with Crippen LogP contribution in [-0.4, -0.2) is 39.5 Å². The number of nitriles is 1. The third kappa shape index (κ3) is 5.19. The molecule has 0 unspecified atom stereocenters. The molecule has 158 valence electrons. The third-order valence-corrected chi connectivity index (χ3v) is 6.09. The third-order valence-electron chi connectivity index (χ3n) is 4.92. The number of benzene rings is 2. The van der Waals surface area contributed by atoms with Gasteiger partial charge in [0.25, 0.3) is 0 Å². The van der Waals surface area contributed by atoms with Gasteiger partial charge in [-0.15, -0.1) is 10.2 Å². The van der Waals surface area contributed by atoms with Crippen molar-refractivity contribution in [1.29, 1.82) is 5.26 Å². The molecular formula is C22H21ClN6OS.